The van der Waals surface area contributed by atoms with Crippen LogP contribution >= 0.6 is 0 Å². The van der Waals surface area contributed by atoms with Crippen molar-refractivity contribution >= 4 is 33.9 Å². The van der Waals surface area contributed by atoms with Gasteiger partial charge >= 0.3 is 11.9 Å². The molecule has 10 heteroatoms. The summed E-state index contributed by atoms with van der Waals surface area (Å²) in [6.45, 7) is 3.21. The first-order valence-corrected chi connectivity index (χ1v) is 11.7. The number of fused-ring (bicyclic) bond motifs is 1. The quantitative estimate of drug-likeness (QED) is 0.382. The van der Waals surface area contributed by atoms with Crippen LogP contribution in [-0.2, 0) is 31.3 Å². The molecule has 34 heavy (non-hydrogen) atoms. The molecule has 1 aromatic heterocycles. The number of aryl methyl sites for hydroxylation is 1. The van der Waals surface area contributed by atoms with Crippen LogP contribution < -0.4 is 0 Å². The minimum absolute atomic E-state index is 0.0590. The molecule has 7 nitrogen and oxygen atoms in total. The van der Waals surface area contributed by atoms with Gasteiger partial charge in [0.1, 0.15) is 12.3 Å². The third-order valence-electron chi connectivity index (χ3n) is 4.88. The molecule has 0 bridgehead atoms. The van der Waals surface area contributed by atoms with Crippen molar-refractivity contribution in [3.63, 3.8) is 0 Å². The van der Waals surface area contributed by atoms with Gasteiger partial charge in [0.15, 0.2) is 11.1 Å². The van der Waals surface area contributed by atoms with Crippen LogP contribution in [-0.4, -0.2) is 46.5 Å². The van der Waals surface area contributed by atoms with Crippen molar-refractivity contribution in [1.82, 2.24) is 4.57 Å². The van der Waals surface area contributed by atoms with E-state index < -0.39 is 42.1 Å². The van der Waals surface area contributed by atoms with Gasteiger partial charge in [-0.25, -0.2) is 22.6 Å². The Balaban J connectivity index is 1.89. The number of esters is 2. The summed E-state index contributed by atoms with van der Waals surface area (Å²) in [6, 6.07) is 12.3. The number of alkyl halides is 2. The minimum Gasteiger partial charge on any atom is -0.462 e. The van der Waals surface area contributed by atoms with Gasteiger partial charge in [0.25, 0.3) is 5.92 Å². The molecule has 0 N–H and O–H groups in total. The predicted octanol–water partition coefficient (Wildman–Crippen LogP) is 4.68. The number of nitrogens with zero attached hydrogens (tertiary/aromatic N) is 1. The fourth-order valence-electron chi connectivity index (χ4n) is 3.27. The minimum atomic E-state index is -3.49. The van der Waals surface area contributed by atoms with E-state index in [9.17, 15) is 22.6 Å². The Kier molecular flexibility index (Phi) is 8.16. The van der Waals surface area contributed by atoms with Crippen molar-refractivity contribution < 1.29 is 36.2 Å². The Morgan fingerprint density at radius 2 is 1.62 bits per heavy atom. The van der Waals surface area contributed by atoms with Crippen LogP contribution in [0.15, 0.2) is 53.4 Å². The second-order valence-electron chi connectivity index (χ2n) is 7.50. The lowest BCUT2D eigenvalue weighted by molar-refractivity contribution is -0.0510. The number of carbonyl (C=O) groups is 2. The molecule has 182 valence electrons. The zero-order chi connectivity index (χ0) is 24.9. The number of benzene rings is 2. The number of hydrogen-bond donors (Lipinski definition) is 0. The van der Waals surface area contributed by atoms with Crippen molar-refractivity contribution in [1.29, 1.82) is 0 Å². The van der Waals surface area contributed by atoms with Gasteiger partial charge in [0.2, 0.25) is 0 Å². The maximum absolute atomic E-state index is 14.9. The summed E-state index contributed by atoms with van der Waals surface area (Å²) in [5.74, 6) is -4.89. The highest BCUT2D eigenvalue weighted by Crippen LogP contribution is 2.28. The van der Waals surface area contributed by atoms with Crippen molar-refractivity contribution in [2.45, 2.75) is 38.1 Å². The lowest BCUT2D eigenvalue weighted by atomic mass is 10.1. The number of ether oxygens (including phenoxy) is 2. The van der Waals surface area contributed by atoms with E-state index in [0.717, 1.165) is 10.1 Å². The Morgan fingerprint density at radius 3 is 2.26 bits per heavy atom. The van der Waals surface area contributed by atoms with Crippen LogP contribution in [0.25, 0.3) is 10.9 Å². The van der Waals surface area contributed by atoms with Crippen LogP contribution in [0.4, 0.5) is 8.78 Å². The molecule has 0 aliphatic carbocycles. The first-order chi connectivity index (χ1) is 16.1. The fraction of sp³-hybridized carbons (Fsp3) is 0.333. The highest BCUT2D eigenvalue weighted by molar-refractivity contribution is 7.80. The largest absolute Gasteiger partial charge is 0.462 e. The van der Waals surface area contributed by atoms with Crippen molar-refractivity contribution in [3.05, 3.63) is 65.4 Å². The molecule has 0 aliphatic rings. The molecule has 1 atom stereocenters. The van der Waals surface area contributed by atoms with Crippen molar-refractivity contribution in [3.8, 4) is 0 Å². The van der Waals surface area contributed by atoms with E-state index in [1.54, 1.807) is 44.2 Å². The third kappa shape index (κ3) is 6.06. The highest BCUT2D eigenvalue weighted by atomic mass is 32.2. The summed E-state index contributed by atoms with van der Waals surface area (Å²) in [7, 11) is 0. The van der Waals surface area contributed by atoms with Gasteiger partial charge in [-0.3, -0.25) is 4.18 Å². The first kappa shape index (κ1) is 25.5. The SMILES string of the molecule is CCOC(=O)c1ccc2cc(C(=O)OCC)n(CC(F)(F)COS(=O)c3ccc(C)cc3)c2c1. The Bertz CT molecular complexity index is 1210. The second-order valence-corrected chi connectivity index (χ2v) is 8.67. The predicted molar refractivity (Wildman–Crippen MR) is 122 cm³/mol. The van der Waals surface area contributed by atoms with E-state index in [-0.39, 0.29) is 34.9 Å². The topological polar surface area (TPSA) is 83.8 Å². The Labute approximate surface area is 198 Å². The van der Waals surface area contributed by atoms with E-state index in [4.69, 9.17) is 13.7 Å². The fourth-order valence-corrected chi connectivity index (χ4v) is 4.05. The number of aromatic nitrogens is 1. The van der Waals surface area contributed by atoms with Gasteiger partial charge in [0, 0.05) is 10.9 Å². The molecule has 0 amide bonds. The molecule has 0 aliphatic heterocycles. The summed E-state index contributed by atoms with van der Waals surface area (Å²) in [5.41, 5.74) is 1.22. The third-order valence-corrected chi connectivity index (χ3v) is 5.87. The summed E-state index contributed by atoms with van der Waals surface area (Å²) >= 11 is -2.09. The summed E-state index contributed by atoms with van der Waals surface area (Å²) < 4.78 is 58.2. The average molecular weight is 494 g/mol. The van der Waals surface area contributed by atoms with Crippen molar-refractivity contribution in [2.75, 3.05) is 19.8 Å². The smallest absolute Gasteiger partial charge is 0.354 e. The molecule has 2 aromatic carbocycles. The standard InChI is InChI=1S/C24H25F2NO6S/c1-4-31-22(28)18-9-8-17-12-21(23(29)32-5-2)27(20(17)13-18)14-24(25,26)15-33-34(30)19-10-6-16(3)7-11-19/h6-13H,4-5,14-15H2,1-3H3. The van der Waals surface area contributed by atoms with Gasteiger partial charge < -0.3 is 14.0 Å². The molecule has 3 aromatic rings. The molecule has 0 saturated carbocycles. The lowest BCUT2D eigenvalue weighted by Crippen LogP contribution is -2.31. The van der Waals surface area contributed by atoms with Crippen LogP contribution in [0, 0.1) is 6.92 Å². The molecule has 1 heterocycles. The van der Waals surface area contributed by atoms with Gasteiger partial charge in [-0.2, -0.15) is 0 Å². The van der Waals surface area contributed by atoms with Crippen molar-refractivity contribution in [2.24, 2.45) is 0 Å². The van der Waals surface area contributed by atoms with E-state index >= 15 is 0 Å². The number of halogens is 2. The number of carbonyl (C=O) groups excluding carboxylic acids is 2. The molecular weight excluding hydrogens is 468 g/mol. The van der Waals surface area contributed by atoms with E-state index in [1.807, 2.05) is 6.92 Å². The monoisotopic (exact) mass is 493 g/mol. The second kappa shape index (κ2) is 10.9. The number of hydrogen-bond acceptors (Lipinski definition) is 6. The normalized spacial score (nSPS) is 12.5. The van der Waals surface area contributed by atoms with Crippen LogP contribution in [0.2, 0.25) is 0 Å². The summed E-state index contributed by atoms with van der Waals surface area (Å²) in [5, 5.41) is 0.469. The molecule has 3 rings (SSSR count). The van der Waals surface area contributed by atoms with E-state index in [2.05, 4.69) is 0 Å². The molecular formula is C24H25F2NO6S. The first-order valence-electron chi connectivity index (χ1n) is 10.6. The van der Waals surface area contributed by atoms with Gasteiger partial charge in [-0.05, 0) is 51.1 Å². The van der Waals surface area contributed by atoms with Gasteiger partial charge in [-0.15, -0.1) is 0 Å². The van der Waals surface area contributed by atoms with Gasteiger partial charge in [0.05, 0.1) is 30.2 Å². The van der Waals surface area contributed by atoms with Crippen LogP contribution in [0.5, 0.6) is 0 Å². The molecule has 0 spiro atoms. The van der Waals surface area contributed by atoms with E-state index in [1.165, 1.54) is 18.2 Å². The van der Waals surface area contributed by atoms with Crippen LogP contribution in [0.1, 0.15) is 40.3 Å². The Morgan fingerprint density at radius 1 is 0.971 bits per heavy atom. The van der Waals surface area contributed by atoms with E-state index in [0.29, 0.717) is 5.39 Å². The molecule has 0 saturated heterocycles. The molecule has 0 radical (unpaired) electrons. The Hall–Kier alpha value is -3.11. The zero-order valence-corrected chi connectivity index (χ0v) is 19.8. The summed E-state index contributed by atoms with van der Waals surface area (Å²) in [6.07, 6.45) is 0. The lowest BCUT2D eigenvalue weighted by Gasteiger charge is -2.19. The number of rotatable bonds is 10. The zero-order valence-electron chi connectivity index (χ0n) is 19.0. The highest BCUT2D eigenvalue weighted by Gasteiger charge is 2.34. The van der Waals surface area contributed by atoms with Crippen LogP contribution in [0.3, 0.4) is 0 Å². The average Bonchev–Trinajstić information content (AvgIpc) is 3.15. The summed E-state index contributed by atoms with van der Waals surface area (Å²) in [4.78, 5) is 24.9. The molecule has 1 unspecified atom stereocenters. The van der Waals surface area contributed by atoms with Gasteiger partial charge in [-0.1, -0.05) is 23.8 Å². The maximum Gasteiger partial charge on any atom is 0.354 e. The maximum atomic E-state index is 14.9. The molecule has 0 fully saturated rings.